The first-order valence-corrected chi connectivity index (χ1v) is 12.7. The van der Waals surface area contributed by atoms with Crippen molar-refractivity contribution in [3.05, 3.63) is 66.0 Å². The summed E-state index contributed by atoms with van der Waals surface area (Å²) in [6, 6.07) is 13.8. The van der Waals surface area contributed by atoms with Crippen LogP contribution < -0.4 is 10.5 Å². The minimum absolute atomic E-state index is 0.0729. The number of anilines is 1. The SMILES string of the molecule is C[C@@H]1CN(Cc2ccc(F)cc2)[C@@H](C)CN1C(=O)COc1cc(S(=O)(=O)O)cc2ccc(N)cc12. The van der Waals surface area contributed by atoms with E-state index in [-0.39, 0.29) is 41.1 Å². The van der Waals surface area contributed by atoms with Crippen molar-refractivity contribution in [3.8, 4) is 5.75 Å². The number of amides is 1. The lowest BCUT2D eigenvalue weighted by atomic mass is 10.1. The lowest BCUT2D eigenvalue weighted by molar-refractivity contribution is -0.139. The Balaban J connectivity index is 1.47. The number of nitrogens with zero attached hydrogens (tertiary/aromatic N) is 2. The Morgan fingerprint density at radius 3 is 2.49 bits per heavy atom. The maximum absolute atomic E-state index is 13.2. The highest BCUT2D eigenvalue weighted by molar-refractivity contribution is 7.85. The zero-order valence-corrected chi connectivity index (χ0v) is 20.3. The highest BCUT2D eigenvalue weighted by Crippen LogP contribution is 2.31. The van der Waals surface area contributed by atoms with Crippen molar-refractivity contribution >= 4 is 32.5 Å². The fourth-order valence-corrected chi connectivity index (χ4v) is 4.93. The number of hydrogen-bond donors (Lipinski definition) is 2. The standard InChI is InChI=1S/C25H28FN3O5S/c1-16-13-29(17(2)12-28(16)14-18-3-6-20(26)7-4-18)25(30)15-34-24-11-22(35(31,32)33)9-19-5-8-21(27)10-23(19)24/h3-11,16-17H,12-15,27H2,1-2H3,(H,31,32,33)/t16-,17+/m0/s1. The van der Waals surface area contributed by atoms with Crippen LogP contribution in [-0.4, -0.2) is 60.5 Å². The van der Waals surface area contributed by atoms with Gasteiger partial charge in [0.05, 0.1) is 4.90 Å². The van der Waals surface area contributed by atoms with Gasteiger partial charge in [0.1, 0.15) is 11.6 Å². The van der Waals surface area contributed by atoms with Crippen molar-refractivity contribution < 1.29 is 26.9 Å². The van der Waals surface area contributed by atoms with E-state index >= 15 is 0 Å². The smallest absolute Gasteiger partial charge is 0.294 e. The molecular weight excluding hydrogens is 473 g/mol. The molecule has 3 N–H and O–H groups in total. The Kier molecular flexibility index (Phi) is 6.98. The van der Waals surface area contributed by atoms with Crippen molar-refractivity contribution in [2.24, 2.45) is 0 Å². The fourth-order valence-electron chi connectivity index (χ4n) is 4.40. The lowest BCUT2D eigenvalue weighted by Crippen LogP contribution is -2.58. The van der Waals surface area contributed by atoms with Crippen LogP contribution >= 0.6 is 0 Å². The molecule has 0 spiro atoms. The van der Waals surface area contributed by atoms with Crippen LogP contribution in [0.4, 0.5) is 10.1 Å². The summed E-state index contributed by atoms with van der Waals surface area (Å²) in [5, 5.41) is 1.05. The topological polar surface area (TPSA) is 113 Å². The molecule has 3 aromatic carbocycles. The number of nitrogen functional groups attached to an aromatic ring is 1. The Bertz CT molecular complexity index is 1350. The third-order valence-electron chi connectivity index (χ3n) is 6.30. The van der Waals surface area contributed by atoms with E-state index in [4.69, 9.17) is 10.5 Å². The Hall–Kier alpha value is -3.21. The molecule has 1 aliphatic heterocycles. The summed E-state index contributed by atoms with van der Waals surface area (Å²) >= 11 is 0. The van der Waals surface area contributed by atoms with E-state index in [2.05, 4.69) is 4.90 Å². The van der Waals surface area contributed by atoms with Gasteiger partial charge in [-0.15, -0.1) is 0 Å². The van der Waals surface area contributed by atoms with Crippen LogP contribution in [0.2, 0.25) is 0 Å². The summed E-state index contributed by atoms with van der Waals surface area (Å²) < 4.78 is 51.9. The average molecular weight is 502 g/mol. The van der Waals surface area contributed by atoms with Gasteiger partial charge in [-0.05, 0) is 55.1 Å². The van der Waals surface area contributed by atoms with E-state index in [1.807, 2.05) is 13.8 Å². The monoisotopic (exact) mass is 501 g/mol. The summed E-state index contributed by atoms with van der Waals surface area (Å²) in [6.07, 6.45) is 0. The van der Waals surface area contributed by atoms with E-state index in [0.717, 1.165) is 5.56 Å². The third-order valence-corrected chi connectivity index (χ3v) is 7.13. The molecule has 3 aromatic rings. The molecule has 1 heterocycles. The van der Waals surface area contributed by atoms with Crippen molar-refractivity contribution in [2.45, 2.75) is 37.4 Å². The van der Waals surface area contributed by atoms with Gasteiger partial charge in [-0.1, -0.05) is 18.2 Å². The number of halogens is 1. The van der Waals surface area contributed by atoms with Crippen LogP contribution in [0.25, 0.3) is 10.8 Å². The summed E-state index contributed by atoms with van der Waals surface area (Å²) in [6.45, 7) is 5.47. The highest BCUT2D eigenvalue weighted by Gasteiger charge is 2.32. The first kappa shape index (κ1) is 24.9. The van der Waals surface area contributed by atoms with Gasteiger partial charge >= 0.3 is 0 Å². The second-order valence-corrected chi connectivity index (χ2v) is 10.4. The predicted octanol–water partition coefficient (Wildman–Crippen LogP) is 3.31. The van der Waals surface area contributed by atoms with E-state index < -0.39 is 10.1 Å². The van der Waals surface area contributed by atoms with Gasteiger partial charge in [-0.3, -0.25) is 14.2 Å². The average Bonchev–Trinajstić information content (AvgIpc) is 2.80. The van der Waals surface area contributed by atoms with E-state index in [9.17, 15) is 22.2 Å². The van der Waals surface area contributed by atoms with Crippen molar-refractivity contribution in [1.82, 2.24) is 9.80 Å². The molecule has 0 unspecified atom stereocenters. The molecule has 8 nitrogen and oxygen atoms in total. The number of carbonyl (C=O) groups is 1. The number of rotatable bonds is 6. The molecular formula is C25H28FN3O5S. The Labute approximate surface area is 203 Å². The molecule has 2 atom stereocenters. The molecule has 1 aliphatic rings. The van der Waals surface area contributed by atoms with Crippen molar-refractivity contribution in [2.75, 3.05) is 25.4 Å². The minimum Gasteiger partial charge on any atom is -0.483 e. The molecule has 35 heavy (non-hydrogen) atoms. The number of fused-ring (bicyclic) bond motifs is 1. The van der Waals surface area contributed by atoms with Gasteiger partial charge in [-0.2, -0.15) is 8.42 Å². The largest absolute Gasteiger partial charge is 0.483 e. The van der Waals surface area contributed by atoms with Gasteiger partial charge in [0.25, 0.3) is 16.0 Å². The fraction of sp³-hybridized carbons (Fsp3) is 0.320. The molecule has 10 heteroatoms. The summed E-state index contributed by atoms with van der Waals surface area (Å²) in [5.41, 5.74) is 7.33. The number of hydrogen-bond acceptors (Lipinski definition) is 6. The van der Waals surface area contributed by atoms with Crippen molar-refractivity contribution in [1.29, 1.82) is 0 Å². The van der Waals surface area contributed by atoms with Gasteiger partial charge in [-0.25, -0.2) is 4.39 Å². The van der Waals surface area contributed by atoms with Crippen LogP contribution in [-0.2, 0) is 21.5 Å². The normalized spacial score (nSPS) is 19.1. The first-order chi connectivity index (χ1) is 16.5. The molecule has 0 saturated carbocycles. The van der Waals surface area contributed by atoms with Crippen molar-refractivity contribution in [3.63, 3.8) is 0 Å². The van der Waals surface area contributed by atoms with Gasteiger partial charge in [0.2, 0.25) is 0 Å². The Morgan fingerprint density at radius 2 is 1.80 bits per heavy atom. The van der Waals surface area contributed by atoms with E-state index in [0.29, 0.717) is 36.1 Å². The van der Waals surface area contributed by atoms with E-state index in [1.165, 1.54) is 24.3 Å². The first-order valence-electron chi connectivity index (χ1n) is 11.2. The summed E-state index contributed by atoms with van der Waals surface area (Å²) in [7, 11) is -4.47. The molecule has 0 radical (unpaired) electrons. The molecule has 0 aliphatic carbocycles. The molecule has 1 saturated heterocycles. The molecule has 4 rings (SSSR count). The number of carbonyl (C=O) groups excluding carboxylic acids is 1. The van der Waals surface area contributed by atoms with Gasteiger partial charge in [0.15, 0.2) is 6.61 Å². The maximum Gasteiger partial charge on any atom is 0.294 e. The second-order valence-electron chi connectivity index (χ2n) is 8.97. The second kappa shape index (κ2) is 9.80. The number of ether oxygens (including phenoxy) is 1. The van der Waals surface area contributed by atoms with Crippen LogP contribution in [0, 0.1) is 5.82 Å². The highest BCUT2D eigenvalue weighted by atomic mass is 32.2. The van der Waals surface area contributed by atoms with Gasteiger partial charge in [0, 0.05) is 48.9 Å². The zero-order valence-electron chi connectivity index (χ0n) is 19.5. The molecule has 0 bridgehead atoms. The minimum atomic E-state index is -4.47. The van der Waals surface area contributed by atoms with Gasteiger partial charge < -0.3 is 15.4 Å². The molecule has 1 amide bonds. The number of piperazine rings is 1. The summed E-state index contributed by atoms with van der Waals surface area (Å²) in [5.74, 6) is -0.366. The Morgan fingerprint density at radius 1 is 1.09 bits per heavy atom. The third kappa shape index (κ3) is 5.72. The summed E-state index contributed by atoms with van der Waals surface area (Å²) in [4.78, 5) is 16.7. The molecule has 186 valence electrons. The predicted molar refractivity (Wildman–Crippen MR) is 131 cm³/mol. The van der Waals surface area contributed by atoms with Crippen LogP contribution in [0.3, 0.4) is 0 Å². The van der Waals surface area contributed by atoms with Crippen LogP contribution in [0.15, 0.2) is 59.5 Å². The number of benzene rings is 3. The lowest BCUT2D eigenvalue weighted by Gasteiger charge is -2.44. The van der Waals surface area contributed by atoms with Crippen LogP contribution in [0.5, 0.6) is 5.75 Å². The van der Waals surface area contributed by atoms with Crippen LogP contribution in [0.1, 0.15) is 19.4 Å². The molecule has 1 fully saturated rings. The van der Waals surface area contributed by atoms with E-state index in [1.54, 1.807) is 35.2 Å². The number of nitrogens with two attached hydrogens (primary N) is 1. The zero-order chi connectivity index (χ0) is 25.3. The molecule has 0 aromatic heterocycles. The quantitative estimate of drug-likeness (QED) is 0.394. The maximum atomic E-state index is 13.2.